The Hall–Kier alpha value is -2.59. The standard InChI is InChI=1S/C13H8F7N3O/c1-2-23-5(3-4-21-23)12(24)22-11-9(16)7(14)6(13(18,19)20)8(15)10(11)17/h3-4H,2H2,1H3,(H,22,24). The van der Waals surface area contributed by atoms with Crippen LogP contribution in [-0.2, 0) is 12.7 Å². The SMILES string of the molecule is CCn1nccc1C(=O)Nc1c(F)c(F)c(C(F)(F)F)c(F)c1F. The van der Waals surface area contributed by atoms with E-state index < -0.39 is 46.6 Å². The van der Waals surface area contributed by atoms with Crippen molar-refractivity contribution in [1.82, 2.24) is 9.78 Å². The molecule has 1 aromatic carbocycles. The second kappa shape index (κ2) is 6.13. The minimum absolute atomic E-state index is 0.191. The van der Waals surface area contributed by atoms with Crippen molar-refractivity contribution < 1.29 is 35.5 Å². The van der Waals surface area contributed by atoms with E-state index in [2.05, 4.69) is 5.10 Å². The fourth-order valence-electron chi connectivity index (χ4n) is 1.95. The van der Waals surface area contributed by atoms with Gasteiger partial charge in [-0.05, 0) is 13.0 Å². The van der Waals surface area contributed by atoms with E-state index in [-0.39, 0.29) is 12.2 Å². The highest BCUT2D eigenvalue weighted by molar-refractivity contribution is 6.03. The first-order valence-electron chi connectivity index (χ1n) is 6.35. The van der Waals surface area contributed by atoms with Gasteiger partial charge >= 0.3 is 6.18 Å². The van der Waals surface area contributed by atoms with Crippen LogP contribution in [0.25, 0.3) is 0 Å². The molecule has 1 heterocycles. The van der Waals surface area contributed by atoms with Crippen molar-refractivity contribution in [3.8, 4) is 0 Å². The Bertz CT molecular complexity index is 769. The van der Waals surface area contributed by atoms with Crippen LogP contribution in [0.1, 0.15) is 23.0 Å². The number of rotatable bonds is 3. The first-order valence-corrected chi connectivity index (χ1v) is 6.35. The Kier molecular flexibility index (Phi) is 4.54. The zero-order chi connectivity index (χ0) is 18.2. The van der Waals surface area contributed by atoms with Crippen molar-refractivity contribution in [2.24, 2.45) is 0 Å². The molecule has 0 saturated heterocycles. The number of benzene rings is 1. The van der Waals surface area contributed by atoms with Gasteiger partial charge in [-0.25, -0.2) is 17.6 Å². The minimum Gasteiger partial charge on any atom is -0.316 e. The highest BCUT2D eigenvalue weighted by Crippen LogP contribution is 2.38. The first-order chi connectivity index (χ1) is 11.1. The fraction of sp³-hybridized carbons (Fsp3) is 0.231. The summed E-state index contributed by atoms with van der Waals surface area (Å²) in [5.74, 6) is -11.2. The number of carbonyl (C=O) groups is 1. The highest BCUT2D eigenvalue weighted by Gasteiger charge is 2.42. The van der Waals surface area contributed by atoms with Gasteiger partial charge in [0.1, 0.15) is 16.9 Å². The third-order valence-corrected chi connectivity index (χ3v) is 3.03. The molecule has 0 aliphatic carbocycles. The molecule has 0 aliphatic rings. The van der Waals surface area contributed by atoms with Crippen LogP contribution in [0.5, 0.6) is 0 Å². The Balaban J connectivity index is 2.51. The quantitative estimate of drug-likeness (QED) is 0.674. The van der Waals surface area contributed by atoms with Gasteiger partial charge in [-0.2, -0.15) is 18.3 Å². The number of carbonyl (C=O) groups excluding carboxylic acids is 1. The van der Waals surface area contributed by atoms with E-state index in [1.54, 1.807) is 6.92 Å². The molecule has 0 atom stereocenters. The molecular weight excluding hydrogens is 347 g/mol. The summed E-state index contributed by atoms with van der Waals surface area (Å²) in [6.45, 7) is 1.78. The smallest absolute Gasteiger partial charge is 0.316 e. The van der Waals surface area contributed by atoms with Crippen LogP contribution in [0.2, 0.25) is 0 Å². The number of aromatic nitrogens is 2. The van der Waals surface area contributed by atoms with Crippen LogP contribution in [0.3, 0.4) is 0 Å². The van der Waals surface area contributed by atoms with Gasteiger partial charge in [0.15, 0.2) is 23.3 Å². The van der Waals surface area contributed by atoms with Crippen LogP contribution in [-0.4, -0.2) is 15.7 Å². The van der Waals surface area contributed by atoms with Crippen LogP contribution < -0.4 is 5.32 Å². The van der Waals surface area contributed by atoms with Crippen molar-refractivity contribution in [2.45, 2.75) is 19.6 Å². The Morgan fingerprint density at radius 1 is 1.12 bits per heavy atom. The van der Waals surface area contributed by atoms with Crippen molar-refractivity contribution in [2.75, 3.05) is 5.32 Å². The maximum Gasteiger partial charge on any atom is 0.422 e. The zero-order valence-corrected chi connectivity index (χ0v) is 11.8. The molecule has 1 aromatic heterocycles. The van der Waals surface area contributed by atoms with E-state index >= 15 is 0 Å². The molecule has 2 rings (SSSR count). The number of halogens is 7. The second-order valence-corrected chi connectivity index (χ2v) is 4.49. The predicted octanol–water partition coefficient (Wildman–Crippen LogP) is 3.73. The van der Waals surface area contributed by atoms with E-state index in [0.717, 1.165) is 10.7 Å². The van der Waals surface area contributed by atoms with E-state index in [1.165, 1.54) is 11.5 Å². The molecule has 11 heteroatoms. The summed E-state index contributed by atoms with van der Waals surface area (Å²) in [4.78, 5) is 11.9. The predicted molar refractivity (Wildman–Crippen MR) is 67.1 cm³/mol. The lowest BCUT2D eigenvalue weighted by molar-refractivity contribution is -0.143. The van der Waals surface area contributed by atoms with Crippen LogP contribution >= 0.6 is 0 Å². The molecule has 2 aromatic rings. The largest absolute Gasteiger partial charge is 0.422 e. The number of nitrogens with zero attached hydrogens (tertiary/aromatic N) is 2. The van der Waals surface area contributed by atoms with Gasteiger partial charge in [-0.1, -0.05) is 0 Å². The molecule has 0 aliphatic heterocycles. The number of alkyl halides is 3. The maximum absolute atomic E-state index is 13.7. The summed E-state index contributed by atoms with van der Waals surface area (Å²) in [7, 11) is 0. The Morgan fingerprint density at radius 2 is 1.67 bits per heavy atom. The van der Waals surface area contributed by atoms with E-state index in [9.17, 15) is 35.5 Å². The van der Waals surface area contributed by atoms with Crippen molar-refractivity contribution >= 4 is 11.6 Å². The molecule has 0 radical (unpaired) electrons. The highest BCUT2D eigenvalue weighted by atomic mass is 19.4. The molecule has 0 fully saturated rings. The monoisotopic (exact) mass is 355 g/mol. The zero-order valence-electron chi connectivity index (χ0n) is 11.8. The average Bonchev–Trinajstić information content (AvgIpc) is 2.96. The van der Waals surface area contributed by atoms with Gasteiger partial charge in [-0.15, -0.1) is 0 Å². The Morgan fingerprint density at radius 3 is 2.12 bits per heavy atom. The lowest BCUT2D eigenvalue weighted by atomic mass is 10.1. The number of aryl methyl sites for hydroxylation is 1. The maximum atomic E-state index is 13.7. The molecule has 4 nitrogen and oxygen atoms in total. The molecule has 1 N–H and O–H groups in total. The molecule has 1 amide bonds. The van der Waals surface area contributed by atoms with E-state index in [1.807, 2.05) is 0 Å². The molecule has 0 unspecified atom stereocenters. The van der Waals surface area contributed by atoms with Crippen molar-refractivity contribution in [3.63, 3.8) is 0 Å². The molecule has 24 heavy (non-hydrogen) atoms. The minimum atomic E-state index is -5.65. The van der Waals surface area contributed by atoms with Gasteiger partial charge in [0.05, 0.1) is 0 Å². The third-order valence-electron chi connectivity index (χ3n) is 3.03. The molecule has 0 bridgehead atoms. The summed E-state index contributed by atoms with van der Waals surface area (Å²) < 4.78 is 92.9. The topological polar surface area (TPSA) is 46.9 Å². The molecule has 0 saturated carbocycles. The summed E-state index contributed by atoms with van der Waals surface area (Å²) >= 11 is 0. The fourth-order valence-corrected chi connectivity index (χ4v) is 1.95. The van der Waals surface area contributed by atoms with Crippen LogP contribution in [0.4, 0.5) is 36.4 Å². The number of nitrogens with one attached hydrogen (secondary N) is 1. The number of anilines is 1. The number of hydrogen-bond acceptors (Lipinski definition) is 2. The van der Waals surface area contributed by atoms with Crippen LogP contribution in [0.15, 0.2) is 12.3 Å². The van der Waals surface area contributed by atoms with Gasteiger partial charge in [0, 0.05) is 12.7 Å². The van der Waals surface area contributed by atoms with Gasteiger partial charge < -0.3 is 5.32 Å². The first kappa shape index (κ1) is 17.8. The lowest BCUT2D eigenvalue weighted by Crippen LogP contribution is -2.22. The Labute approximate surface area is 129 Å². The van der Waals surface area contributed by atoms with Crippen LogP contribution in [0, 0.1) is 23.3 Å². The summed E-state index contributed by atoms with van der Waals surface area (Å²) in [5, 5.41) is 5.21. The molecule has 130 valence electrons. The second-order valence-electron chi connectivity index (χ2n) is 4.49. The average molecular weight is 355 g/mol. The molecular formula is C13H8F7N3O. The molecule has 0 spiro atoms. The number of hydrogen-bond donors (Lipinski definition) is 1. The summed E-state index contributed by atoms with van der Waals surface area (Å²) in [6.07, 6.45) is -4.47. The number of amides is 1. The van der Waals surface area contributed by atoms with E-state index in [4.69, 9.17) is 0 Å². The third kappa shape index (κ3) is 2.93. The van der Waals surface area contributed by atoms with Crippen molar-refractivity contribution in [3.05, 3.63) is 46.8 Å². The summed E-state index contributed by atoms with van der Waals surface area (Å²) in [6, 6.07) is 1.14. The van der Waals surface area contributed by atoms with Gasteiger partial charge in [0.2, 0.25) is 0 Å². The van der Waals surface area contributed by atoms with Gasteiger partial charge in [-0.3, -0.25) is 9.48 Å². The van der Waals surface area contributed by atoms with Crippen molar-refractivity contribution in [1.29, 1.82) is 0 Å². The normalized spacial score (nSPS) is 11.7. The van der Waals surface area contributed by atoms with Gasteiger partial charge in [0.25, 0.3) is 5.91 Å². The van der Waals surface area contributed by atoms with E-state index in [0.29, 0.717) is 0 Å². The summed E-state index contributed by atoms with van der Waals surface area (Å²) in [5.41, 5.74) is -4.59. The lowest BCUT2D eigenvalue weighted by Gasteiger charge is -2.14.